The maximum atomic E-state index is 12.1. The molecular formula is C14H14Cl3N3O. The second kappa shape index (κ2) is 6.79. The van der Waals surface area contributed by atoms with Gasteiger partial charge < -0.3 is 10.3 Å². The van der Waals surface area contributed by atoms with E-state index in [1.54, 1.807) is 18.2 Å². The van der Waals surface area contributed by atoms with Crippen LogP contribution in [0, 0.1) is 0 Å². The van der Waals surface area contributed by atoms with Crippen molar-refractivity contribution in [3.63, 3.8) is 0 Å². The molecule has 0 atom stereocenters. The van der Waals surface area contributed by atoms with E-state index in [2.05, 4.69) is 15.3 Å². The van der Waals surface area contributed by atoms with Gasteiger partial charge in [0.25, 0.3) is 5.56 Å². The Hall–Kier alpha value is -1.07. The van der Waals surface area contributed by atoms with Gasteiger partial charge in [-0.1, -0.05) is 29.3 Å². The Bertz CT molecular complexity index is 695. The quantitative estimate of drug-likeness (QED) is 0.879. The van der Waals surface area contributed by atoms with Crippen LogP contribution in [0.25, 0.3) is 0 Å². The van der Waals surface area contributed by atoms with Gasteiger partial charge in [0.1, 0.15) is 5.82 Å². The largest absolute Gasteiger partial charge is 0.311 e. The molecule has 2 heterocycles. The molecule has 0 fully saturated rings. The zero-order valence-electron chi connectivity index (χ0n) is 11.1. The molecule has 0 unspecified atom stereocenters. The van der Waals surface area contributed by atoms with Crippen molar-refractivity contribution < 1.29 is 0 Å². The topological polar surface area (TPSA) is 57.8 Å². The molecule has 0 amide bonds. The lowest BCUT2D eigenvalue weighted by molar-refractivity contribution is 0.613. The predicted molar refractivity (Wildman–Crippen MR) is 86.8 cm³/mol. The third-order valence-electron chi connectivity index (χ3n) is 3.40. The molecule has 0 aliphatic carbocycles. The smallest absolute Gasteiger partial charge is 0.254 e. The first-order chi connectivity index (χ1) is 9.65. The van der Waals surface area contributed by atoms with E-state index in [1.807, 2.05) is 0 Å². The van der Waals surface area contributed by atoms with Crippen molar-refractivity contribution in [2.24, 2.45) is 0 Å². The monoisotopic (exact) mass is 345 g/mol. The molecule has 1 aromatic carbocycles. The molecule has 0 spiro atoms. The Morgan fingerprint density at radius 2 is 1.95 bits per heavy atom. The second-order valence-corrected chi connectivity index (χ2v) is 5.56. The van der Waals surface area contributed by atoms with Crippen LogP contribution < -0.4 is 10.9 Å². The van der Waals surface area contributed by atoms with E-state index in [0.717, 1.165) is 23.4 Å². The van der Waals surface area contributed by atoms with Gasteiger partial charge in [0.2, 0.25) is 0 Å². The number of aromatic amines is 1. The molecule has 2 N–H and O–H groups in total. The van der Waals surface area contributed by atoms with Gasteiger partial charge in [0, 0.05) is 28.6 Å². The molecule has 4 nitrogen and oxygen atoms in total. The van der Waals surface area contributed by atoms with E-state index in [1.165, 1.54) is 0 Å². The third kappa shape index (κ3) is 3.40. The summed E-state index contributed by atoms with van der Waals surface area (Å²) in [5.41, 5.74) is 2.31. The van der Waals surface area contributed by atoms with Gasteiger partial charge in [0.15, 0.2) is 0 Å². The number of hydrogen-bond donors (Lipinski definition) is 2. The Balaban J connectivity index is 0.00000161. The number of nitrogens with zero attached hydrogens (tertiary/aromatic N) is 1. The first kappa shape index (κ1) is 16.3. The first-order valence-corrected chi connectivity index (χ1v) is 7.15. The first-order valence-electron chi connectivity index (χ1n) is 6.39. The minimum absolute atomic E-state index is 0. The average Bonchev–Trinajstić information content (AvgIpc) is 2.43. The van der Waals surface area contributed by atoms with Gasteiger partial charge in [-0.15, -0.1) is 12.4 Å². The zero-order valence-corrected chi connectivity index (χ0v) is 13.4. The number of rotatable bonds is 2. The minimum atomic E-state index is -0.0605. The highest BCUT2D eigenvalue weighted by Crippen LogP contribution is 2.26. The standard InChI is InChI=1S/C14H13Cl2N3O.ClH/c15-10-2-1-3-11(16)9(10)6-13-18-12-7-17-5-4-8(12)14(20)19-13;/h1-3,17H,4-7H2,(H,18,19,20);1H. The summed E-state index contributed by atoms with van der Waals surface area (Å²) in [4.78, 5) is 19.4. The van der Waals surface area contributed by atoms with E-state index in [0.29, 0.717) is 35.3 Å². The average molecular weight is 347 g/mol. The van der Waals surface area contributed by atoms with Crippen molar-refractivity contribution >= 4 is 35.6 Å². The predicted octanol–water partition coefficient (Wildman–Crippen LogP) is 2.74. The van der Waals surface area contributed by atoms with Crippen LogP contribution in [-0.2, 0) is 19.4 Å². The third-order valence-corrected chi connectivity index (χ3v) is 4.11. The van der Waals surface area contributed by atoms with Crippen LogP contribution in [0.15, 0.2) is 23.0 Å². The molecule has 0 radical (unpaired) electrons. The summed E-state index contributed by atoms with van der Waals surface area (Å²) >= 11 is 12.3. The maximum absolute atomic E-state index is 12.1. The van der Waals surface area contributed by atoms with Crippen molar-refractivity contribution in [2.45, 2.75) is 19.4 Å². The summed E-state index contributed by atoms with van der Waals surface area (Å²) in [5.74, 6) is 0.590. The van der Waals surface area contributed by atoms with Crippen LogP contribution in [0.1, 0.15) is 22.6 Å². The molecule has 0 bridgehead atoms. The summed E-state index contributed by atoms with van der Waals surface area (Å²) < 4.78 is 0. The van der Waals surface area contributed by atoms with Gasteiger partial charge in [-0.25, -0.2) is 4.98 Å². The lowest BCUT2D eigenvalue weighted by Gasteiger charge is -2.16. The van der Waals surface area contributed by atoms with E-state index in [-0.39, 0.29) is 18.0 Å². The fourth-order valence-corrected chi connectivity index (χ4v) is 2.90. The van der Waals surface area contributed by atoms with Crippen LogP contribution >= 0.6 is 35.6 Å². The Morgan fingerprint density at radius 3 is 2.67 bits per heavy atom. The number of nitrogens with one attached hydrogen (secondary N) is 2. The van der Waals surface area contributed by atoms with E-state index >= 15 is 0 Å². The number of H-pyrrole nitrogens is 1. The lowest BCUT2D eigenvalue weighted by atomic mass is 10.1. The molecular weight excluding hydrogens is 333 g/mol. The van der Waals surface area contributed by atoms with Crippen LogP contribution in [0.3, 0.4) is 0 Å². The van der Waals surface area contributed by atoms with Crippen molar-refractivity contribution in [2.75, 3.05) is 6.54 Å². The highest BCUT2D eigenvalue weighted by Gasteiger charge is 2.16. The van der Waals surface area contributed by atoms with Crippen molar-refractivity contribution in [3.05, 3.63) is 61.2 Å². The van der Waals surface area contributed by atoms with Crippen LogP contribution in [-0.4, -0.2) is 16.5 Å². The molecule has 3 rings (SSSR count). The summed E-state index contributed by atoms with van der Waals surface area (Å²) in [6.45, 7) is 1.44. The van der Waals surface area contributed by atoms with Gasteiger partial charge in [-0.2, -0.15) is 0 Å². The van der Waals surface area contributed by atoms with E-state index < -0.39 is 0 Å². The fraction of sp³-hybridized carbons (Fsp3) is 0.286. The Kier molecular flexibility index (Phi) is 5.27. The van der Waals surface area contributed by atoms with Crippen LogP contribution in [0.5, 0.6) is 0 Å². The lowest BCUT2D eigenvalue weighted by Crippen LogP contribution is -2.32. The van der Waals surface area contributed by atoms with Gasteiger partial charge in [-0.05, 0) is 30.7 Å². The van der Waals surface area contributed by atoms with Crippen LogP contribution in [0.4, 0.5) is 0 Å². The van der Waals surface area contributed by atoms with Gasteiger partial charge >= 0.3 is 0 Å². The number of fused-ring (bicyclic) bond motifs is 1. The SMILES string of the molecule is Cl.O=c1[nH]c(Cc2c(Cl)cccc2Cl)nc2c1CCNC2. The molecule has 2 aromatic rings. The normalized spacial score (nSPS) is 13.4. The summed E-state index contributed by atoms with van der Waals surface area (Å²) in [6.07, 6.45) is 1.13. The van der Waals surface area contributed by atoms with E-state index in [4.69, 9.17) is 23.2 Å². The Labute approximate surface area is 138 Å². The molecule has 0 saturated carbocycles. The number of hydrogen-bond acceptors (Lipinski definition) is 3. The summed E-state index contributed by atoms with van der Waals surface area (Å²) in [7, 11) is 0. The molecule has 112 valence electrons. The van der Waals surface area contributed by atoms with Crippen molar-refractivity contribution in [3.8, 4) is 0 Å². The maximum Gasteiger partial charge on any atom is 0.254 e. The van der Waals surface area contributed by atoms with E-state index in [9.17, 15) is 4.79 Å². The molecule has 7 heteroatoms. The van der Waals surface area contributed by atoms with Gasteiger partial charge in [-0.3, -0.25) is 4.79 Å². The second-order valence-electron chi connectivity index (χ2n) is 4.74. The highest BCUT2D eigenvalue weighted by atomic mass is 35.5. The van der Waals surface area contributed by atoms with Gasteiger partial charge in [0.05, 0.1) is 5.69 Å². The summed E-state index contributed by atoms with van der Waals surface area (Å²) in [6, 6.07) is 5.35. The van der Waals surface area contributed by atoms with Crippen molar-refractivity contribution in [1.29, 1.82) is 0 Å². The number of halogens is 3. The highest BCUT2D eigenvalue weighted by molar-refractivity contribution is 6.36. The molecule has 21 heavy (non-hydrogen) atoms. The minimum Gasteiger partial charge on any atom is -0.311 e. The Morgan fingerprint density at radius 1 is 1.24 bits per heavy atom. The number of aromatic nitrogens is 2. The summed E-state index contributed by atoms with van der Waals surface area (Å²) in [5, 5.41) is 4.37. The molecule has 1 aromatic heterocycles. The fourth-order valence-electron chi connectivity index (χ4n) is 2.37. The zero-order chi connectivity index (χ0) is 14.1. The number of benzene rings is 1. The molecule has 1 aliphatic heterocycles. The van der Waals surface area contributed by atoms with Crippen molar-refractivity contribution in [1.82, 2.24) is 15.3 Å². The molecule has 0 saturated heterocycles. The van der Waals surface area contributed by atoms with Crippen LogP contribution in [0.2, 0.25) is 10.0 Å². The molecule has 1 aliphatic rings.